The Morgan fingerprint density at radius 2 is 2.21 bits per heavy atom. The highest BCUT2D eigenvalue weighted by molar-refractivity contribution is 7.99. The first kappa shape index (κ1) is 20.0. The molecule has 3 heterocycles. The van der Waals surface area contributed by atoms with E-state index in [1.54, 1.807) is 11.8 Å². The van der Waals surface area contributed by atoms with Gasteiger partial charge in [0.05, 0.1) is 19.0 Å². The van der Waals surface area contributed by atoms with Crippen LogP contribution in [0.25, 0.3) is 0 Å². The molecule has 4 rings (SSSR count). The van der Waals surface area contributed by atoms with E-state index in [1.807, 2.05) is 25.2 Å². The molecule has 1 unspecified atom stereocenters. The zero-order valence-corrected chi connectivity index (χ0v) is 17.8. The average molecular weight is 419 g/mol. The van der Waals surface area contributed by atoms with E-state index in [9.17, 15) is 4.79 Å². The van der Waals surface area contributed by atoms with Gasteiger partial charge in [0.25, 0.3) is 5.91 Å². The summed E-state index contributed by atoms with van der Waals surface area (Å²) in [5.74, 6) is 3.94. The molecular formula is C20H28N5O3S+. The number of nitrogens with zero attached hydrogens (tertiary/aromatic N) is 3. The second kappa shape index (κ2) is 9.04. The lowest BCUT2D eigenvalue weighted by molar-refractivity contribution is -0.898. The first-order valence-electron chi connectivity index (χ1n) is 10.1. The Balaban J connectivity index is 1.29. The summed E-state index contributed by atoms with van der Waals surface area (Å²) in [4.78, 5) is 13.8. The van der Waals surface area contributed by atoms with Crippen molar-refractivity contribution in [3.05, 3.63) is 29.6 Å². The van der Waals surface area contributed by atoms with E-state index in [1.165, 1.54) is 4.90 Å². The molecule has 2 aliphatic heterocycles. The van der Waals surface area contributed by atoms with Crippen molar-refractivity contribution in [2.24, 2.45) is 7.05 Å². The number of carbonyl (C=O) groups excluding carboxylic acids is 1. The first-order chi connectivity index (χ1) is 14.1. The Labute approximate surface area is 175 Å². The number of carbonyl (C=O) groups is 1. The minimum atomic E-state index is 0.0681. The molecular weight excluding hydrogens is 390 g/mol. The third-order valence-electron chi connectivity index (χ3n) is 5.46. The van der Waals surface area contributed by atoms with E-state index < -0.39 is 0 Å². The van der Waals surface area contributed by atoms with Crippen LogP contribution >= 0.6 is 11.8 Å². The van der Waals surface area contributed by atoms with Crippen LogP contribution < -0.4 is 19.7 Å². The zero-order chi connectivity index (χ0) is 20.2. The molecule has 0 radical (unpaired) electrons. The fourth-order valence-electron chi connectivity index (χ4n) is 4.01. The van der Waals surface area contributed by atoms with E-state index in [0.29, 0.717) is 19.0 Å². The maximum atomic E-state index is 12.5. The Morgan fingerprint density at radius 3 is 3.07 bits per heavy atom. The van der Waals surface area contributed by atoms with Crippen molar-refractivity contribution in [2.75, 3.05) is 32.2 Å². The molecule has 1 aromatic heterocycles. The average Bonchev–Trinajstić information content (AvgIpc) is 3.33. The lowest BCUT2D eigenvalue weighted by Gasteiger charge is -2.28. The van der Waals surface area contributed by atoms with Crippen molar-refractivity contribution in [3.63, 3.8) is 0 Å². The number of fused-ring (bicyclic) bond motifs is 1. The smallest absolute Gasteiger partial charge is 0.275 e. The minimum absolute atomic E-state index is 0.0681. The van der Waals surface area contributed by atoms with Crippen molar-refractivity contribution in [2.45, 2.75) is 37.4 Å². The van der Waals surface area contributed by atoms with Crippen LogP contribution in [0.5, 0.6) is 11.5 Å². The Kier molecular flexibility index (Phi) is 6.25. The zero-order valence-electron chi connectivity index (χ0n) is 16.9. The predicted molar refractivity (Wildman–Crippen MR) is 109 cm³/mol. The summed E-state index contributed by atoms with van der Waals surface area (Å²) in [5, 5.41) is 12.8. The van der Waals surface area contributed by atoms with Gasteiger partial charge in [-0.1, -0.05) is 24.8 Å². The summed E-state index contributed by atoms with van der Waals surface area (Å²) < 4.78 is 12.8. The van der Waals surface area contributed by atoms with Crippen LogP contribution in [0.2, 0.25) is 0 Å². The summed E-state index contributed by atoms with van der Waals surface area (Å²) >= 11 is 1.71. The van der Waals surface area contributed by atoms with Gasteiger partial charge in [-0.15, -0.1) is 10.2 Å². The number of hydrogen-bond donors (Lipinski definition) is 2. The van der Waals surface area contributed by atoms with Gasteiger partial charge >= 0.3 is 0 Å². The molecule has 1 fully saturated rings. The number of likely N-dealkylation sites (tertiary alicyclic amines) is 1. The molecule has 8 nitrogen and oxygen atoms in total. The number of thioether (sulfide) groups is 1. The third kappa shape index (κ3) is 4.67. The number of hydrogen-bond acceptors (Lipinski definition) is 6. The molecule has 0 saturated carbocycles. The van der Waals surface area contributed by atoms with E-state index in [2.05, 4.69) is 27.0 Å². The predicted octanol–water partition coefficient (Wildman–Crippen LogP) is 0.735. The van der Waals surface area contributed by atoms with Gasteiger partial charge in [0.15, 0.2) is 23.2 Å². The molecule has 0 bridgehead atoms. The molecule has 156 valence electrons. The number of benzene rings is 1. The number of aromatic nitrogens is 3. The Bertz CT molecular complexity index is 872. The molecule has 1 saturated heterocycles. The van der Waals surface area contributed by atoms with Crippen LogP contribution in [-0.4, -0.2) is 52.9 Å². The molecule has 9 heteroatoms. The van der Waals surface area contributed by atoms with Crippen molar-refractivity contribution < 1.29 is 19.2 Å². The standard InChI is InChI=1S/C20H27N5O3S/c1-3-29-20-23-22-19(24(20)2)15-5-4-8-25(11-15)12-18(26)21-10-14-6-7-16-17(9-14)28-13-27-16/h6-7,9,15H,3-5,8,10-13H2,1-2H3,(H,21,26)/p+1/t15-/m1/s1. The van der Waals surface area contributed by atoms with Gasteiger partial charge in [0, 0.05) is 13.6 Å². The van der Waals surface area contributed by atoms with E-state index in [-0.39, 0.29) is 12.7 Å². The Morgan fingerprint density at radius 1 is 1.34 bits per heavy atom. The van der Waals surface area contributed by atoms with Gasteiger partial charge in [0.2, 0.25) is 6.79 Å². The Hall–Kier alpha value is -2.26. The van der Waals surface area contributed by atoms with Crippen molar-refractivity contribution in [1.82, 2.24) is 20.1 Å². The van der Waals surface area contributed by atoms with Crippen LogP contribution in [0.15, 0.2) is 23.4 Å². The topological polar surface area (TPSA) is 82.7 Å². The van der Waals surface area contributed by atoms with Crippen molar-refractivity contribution >= 4 is 17.7 Å². The van der Waals surface area contributed by atoms with E-state index in [4.69, 9.17) is 9.47 Å². The van der Waals surface area contributed by atoms with Gasteiger partial charge in [-0.3, -0.25) is 4.79 Å². The number of amides is 1. The van der Waals surface area contributed by atoms with E-state index >= 15 is 0 Å². The lowest BCUT2D eigenvalue weighted by atomic mass is 9.97. The molecule has 2 N–H and O–H groups in total. The molecule has 0 aliphatic carbocycles. The molecule has 0 spiro atoms. The summed E-state index contributed by atoms with van der Waals surface area (Å²) in [6, 6.07) is 5.76. The molecule has 2 aliphatic rings. The maximum Gasteiger partial charge on any atom is 0.275 e. The number of quaternary nitrogens is 1. The SMILES string of the molecule is CCSc1nnc([C@@H]2CCC[NH+](CC(=O)NCc3ccc4c(c3)OCO4)C2)n1C. The largest absolute Gasteiger partial charge is 0.454 e. The fourth-order valence-corrected chi connectivity index (χ4v) is 4.65. The highest BCUT2D eigenvalue weighted by Crippen LogP contribution is 2.32. The number of piperidine rings is 1. The van der Waals surface area contributed by atoms with Crippen LogP contribution in [0.3, 0.4) is 0 Å². The highest BCUT2D eigenvalue weighted by Gasteiger charge is 2.29. The molecule has 1 aromatic carbocycles. The first-order valence-corrected chi connectivity index (χ1v) is 11.1. The van der Waals surface area contributed by atoms with E-state index in [0.717, 1.165) is 59.7 Å². The van der Waals surface area contributed by atoms with Crippen LogP contribution in [0.1, 0.15) is 37.1 Å². The van der Waals surface area contributed by atoms with Gasteiger partial charge in [-0.2, -0.15) is 0 Å². The maximum absolute atomic E-state index is 12.5. The second-order valence-electron chi connectivity index (χ2n) is 7.52. The minimum Gasteiger partial charge on any atom is -0.454 e. The summed E-state index contributed by atoms with van der Waals surface area (Å²) in [7, 11) is 2.04. The highest BCUT2D eigenvalue weighted by atomic mass is 32.2. The van der Waals surface area contributed by atoms with Gasteiger partial charge in [0.1, 0.15) is 5.82 Å². The quantitative estimate of drug-likeness (QED) is 0.646. The van der Waals surface area contributed by atoms with Crippen LogP contribution in [0, 0.1) is 0 Å². The van der Waals surface area contributed by atoms with Crippen LogP contribution in [-0.2, 0) is 18.4 Å². The second-order valence-corrected chi connectivity index (χ2v) is 8.75. The lowest BCUT2D eigenvalue weighted by Crippen LogP contribution is -3.14. The monoisotopic (exact) mass is 418 g/mol. The molecule has 1 amide bonds. The van der Waals surface area contributed by atoms with Gasteiger partial charge in [-0.25, -0.2) is 0 Å². The fraction of sp³-hybridized carbons (Fsp3) is 0.550. The molecule has 29 heavy (non-hydrogen) atoms. The summed E-state index contributed by atoms with van der Waals surface area (Å²) in [6.07, 6.45) is 2.20. The van der Waals surface area contributed by atoms with Crippen molar-refractivity contribution in [1.29, 1.82) is 0 Å². The van der Waals surface area contributed by atoms with Crippen LogP contribution in [0.4, 0.5) is 0 Å². The molecule has 2 atom stereocenters. The third-order valence-corrected chi connectivity index (χ3v) is 6.36. The van der Waals surface area contributed by atoms with Gasteiger partial charge in [-0.05, 0) is 36.3 Å². The molecule has 2 aromatic rings. The number of ether oxygens (including phenoxy) is 2. The summed E-state index contributed by atoms with van der Waals surface area (Å²) in [5.41, 5.74) is 1.01. The summed E-state index contributed by atoms with van der Waals surface area (Å²) in [6.45, 7) is 5.29. The normalized spacial score (nSPS) is 20.6. The number of nitrogens with one attached hydrogen (secondary N) is 2. The van der Waals surface area contributed by atoms with Crippen molar-refractivity contribution in [3.8, 4) is 11.5 Å². The van der Waals surface area contributed by atoms with Gasteiger partial charge < -0.3 is 24.3 Å². The number of rotatable bonds is 7.